The lowest BCUT2D eigenvalue weighted by molar-refractivity contribution is -0.123. The van der Waals surface area contributed by atoms with Gasteiger partial charge in [-0.2, -0.15) is 0 Å². The molecule has 1 aliphatic rings. The van der Waals surface area contributed by atoms with Crippen molar-refractivity contribution in [3.63, 3.8) is 0 Å². The highest BCUT2D eigenvalue weighted by molar-refractivity contribution is 5.85. The average molecular weight is 377 g/mol. The Kier molecular flexibility index (Phi) is 7.75. The van der Waals surface area contributed by atoms with Crippen LogP contribution in [0.2, 0.25) is 0 Å². The molecule has 0 fully saturated rings. The molecule has 0 spiro atoms. The fraction of sp³-hybridized carbons (Fsp3) is 0.350. The molecule has 2 N–H and O–H groups in total. The van der Waals surface area contributed by atoms with Crippen LogP contribution >= 0.6 is 12.4 Å². The van der Waals surface area contributed by atoms with Gasteiger partial charge in [0, 0.05) is 19.6 Å². The van der Waals surface area contributed by atoms with Crippen LogP contribution in [0.25, 0.3) is 0 Å². The SMILES string of the molecule is CCCOc1ccc(OCC(=O)NCc2ccc3c(c2)CNC3)cc1.Cl. The Morgan fingerprint density at radius 1 is 1.04 bits per heavy atom. The third-order valence-corrected chi connectivity index (χ3v) is 4.06. The molecule has 3 rings (SSSR count). The number of carbonyl (C=O) groups is 1. The smallest absolute Gasteiger partial charge is 0.258 e. The number of nitrogens with one attached hydrogen (secondary N) is 2. The Labute approximate surface area is 160 Å². The van der Waals surface area contributed by atoms with Crippen LogP contribution in [0.5, 0.6) is 11.5 Å². The van der Waals surface area contributed by atoms with Gasteiger partial charge in [0.2, 0.25) is 0 Å². The summed E-state index contributed by atoms with van der Waals surface area (Å²) in [5.41, 5.74) is 3.76. The van der Waals surface area contributed by atoms with E-state index in [0.717, 1.165) is 30.8 Å². The summed E-state index contributed by atoms with van der Waals surface area (Å²) in [6.07, 6.45) is 0.971. The van der Waals surface area contributed by atoms with Gasteiger partial charge >= 0.3 is 0 Å². The minimum absolute atomic E-state index is 0. The quantitative estimate of drug-likeness (QED) is 0.742. The van der Waals surface area contributed by atoms with Crippen molar-refractivity contribution in [1.82, 2.24) is 10.6 Å². The molecule has 1 aliphatic heterocycles. The van der Waals surface area contributed by atoms with Crippen molar-refractivity contribution in [1.29, 1.82) is 0 Å². The molecule has 1 amide bonds. The van der Waals surface area contributed by atoms with E-state index >= 15 is 0 Å². The number of rotatable bonds is 8. The van der Waals surface area contributed by atoms with Crippen LogP contribution < -0.4 is 20.1 Å². The highest BCUT2D eigenvalue weighted by atomic mass is 35.5. The fourth-order valence-corrected chi connectivity index (χ4v) is 2.71. The van der Waals surface area contributed by atoms with E-state index in [-0.39, 0.29) is 24.9 Å². The number of halogens is 1. The molecule has 0 unspecified atom stereocenters. The van der Waals surface area contributed by atoms with Gasteiger partial charge in [0.15, 0.2) is 6.61 Å². The molecule has 0 saturated heterocycles. The molecule has 0 radical (unpaired) electrons. The lowest BCUT2D eigenvalue weighted by atomic mass is 10.1. The fourth-order valence-electron chi connectivity index (χ4n) is 2.71. The first kappa shape index (κ1) is 20.1. The monoisotopic (exact) mass is 376 g/mol. The van der Waals surface area contributed by atoms with Crippen molar-refractivity contribution in [2.45, 2.75) is 33.0 Å². The van der Waals surface area contributed by atoms with E-state index < -0.39 is 0 Å². The van der Waals surface area contributed by atoms with E-state index in [1.807, 2.05) is 24.3 Å². The molecule has 26 heavy (non-hydrogen) atoms. The van der Waals surface area contributed by atoms with Crippen molar-refractivity contribution in [2.24, 2.45) is 0 Å². The highest BCUT2D eigenvalue weighted by Crippen LogP contribution is 2.18. The van der Waals surface area contributed by atoms with Crippen LogP contribution in [0.15, 0.2) is 42.5 Å². The van der Waals surface area contributed by atoms with Crippen LogP contribution in [0.1, 0.15) is 30.0 Å². The Hall–Kier alpha value is -2.24. The predicted octanol–water partition coefficient (Wildman–Crippen LogP) is 3.20. The predicted molar refractivity (Wildman–Crippen MR) is 104 cm³/mol. The molecule has 0 bridgehead atoms. The lowest BCUT2D eigenvalue weighted by Crippen LogP contribution is -2.28. The second-order valence-corrected chi connectivity index (χ2v) is 6.09. The molecule has 1 heterocycles. The van der Waals surface area contributed by atoms with E-state index in [1.54, 1.807) is 0 Å². The number of hydrogen-bond donors (Lipinski definition) is 2. The third-order valence-electron chi connectivity index (χ3n) is 4.06. The standard InChI is InChI=1S/C20H24N2O3.ClH/c1-2-9-24-18-5-7-19(8-6-18)25-14-20(23)22-11-15-3-4-16-12-21-13-17(16)10-15;/h3-8,10,21H,2,9,11-14H2,1H3,(H,22,23);1H. The van der Waals surface area contributed by atoms with Crippen LogP contribution in [0, 0.1) is 0 Å². The van der Waals surface area contributed by atoms with Crippen molar-refractivity contribution in [3.8, 4) is 11.5 Å². The summed E-state index contributed by atoms with van der Waals surface area (Å²) in [5.74, 6) is 1.33. The molecule has 2 aromatic carbocycles. The third kappa shape index (κ3) is 5.64. The first-order valence-corrected chi connectivity index (χ1v) is 8.68. The minimum atomic E-state index is -0.134. The Morgan fingerprint density at radius 3 is 2.46 bits per heavy atom. The van der Waals surface area contributed by atoms with Gasteiger partial charge < -0.3 is 20.1 Å². The largest absolute Gasteiger partial charge is 0.494 e. The van der Waals surface area contributed by atoms with Crippen LogP contribution in [-0.4, -0.2) is 19.1 Å². The molecule has 2 aromatic rings. The summed E-state index contributed by atoms with van der Waals surface area (Å²) in [7, 11) is 0. The number of carbonyl (C=O) groups excluding carboxylic acids is 1. The van der Waals surface area contributed by atoms with E-state index in [0.29, 0.717) is 18.9 Å². The maximum Gasteiger partial charge on any atom is 0.258 e. The van der Waals surface area contributed by atoms with Crippen molar-refractivity contribution in [2.75, 3.05) is 13.2 Å². The molecule has 0 saturated carbocycles. The second kappa shape index (κ2) is 10.0. The zero-order valence-electron chi connectivity index (χ0n) is 14.9. The molecular weight excluding hydrogens is 352 g/mol. The summed E-state index contributed by atoms with van der Waals surface area (Å²) in [6.45, 7) is 5.11. The minimum Gasteiger partial charge on any atom is -0.494 e. The number of ether oxygens (including phenoxy) is 2. The Bertz CT molecular complexity index is 719. The number of amides is 1. The maximum atomic E-state index is 12.0. The first-order valence-electron chi connectivity index (χ1n) is 8.68. The average Bonchev–Trinajstić information content (AvgIpc) is 3.11. The summed E-state index contributed by atoms with van der Waals surface area (Å²) in [4.78, 5) is 12.0. The summed E-state index contributed by atoms with van der Waals surface area (Å²) in [6, 6.07) is 13.6. The Morgan fingerprint density at radius 2 is 1.73 bits per heavy atom. The van der Waals surface area contributed by atoms with Crippen LogP contribution in [0.4, 0.5) is 0 Å². The normalized spacial score (nSPS) is 12.0. The van der Waals surface area contributed by atoms with E-state index in [1.165, 1.54) is 11.1 Å². The number of fused-ring (bicyclic) bond motifs is 1. The van der Waals surface area contributed by atoms with Crippen LogP contribution in [-0.2, 0) is 24.4 Å². The summed E-state index contributed by atoms with van der Waals surface area (Å²) in [5, 5.41) is 6.21. The zero-order valence-corrected chi connectivity index (χ0v) is 15.7. The topological polar surface area (TPSA) is 59.6 Å². The van der Waals surface area contributed by atoms with Gasteiger partial charge in [-0.3, -0.25) is 4.79 Å². The van der Waals surface area contributed by atoms with E-state index in [4.69, 9.17) is 9.47 Å². The van der Waals surface area contributed by atoms with Crippen molar-refractivity contribution < 1.29 is 14.3 Å². The molecular formula is C20H25ClN2O3. The number of benzene rings is 2. The Balaban J connectivity index is 0.00000243. The van der Waals surface area contributed by atoms with Gasteiger partial charge in [-0.25, -0.2) is 0 Å². The summed E-state index contributed by atoms with van der Waals surface area (Å²) >= 11 is 0. The van der Waals surface area contributed by atoms with Gasteiger partial charge in [0.1, 0.15) is 11.5 Å². The highest BCUT2D eigenvalue weighted by Gasteiger charge is 2.10. The maximum absolute atomic E-state index is 12.0. The molecule has 0 aliphatic carbocycles. The summed E-state index contributed by atoms with van der Waals surface area (Å²) < 4.78 is 11.0. The van der Waals surface area contributed by atoms with Gasteiger partial charge in [0.05, 0.1) is 6.61 Å². The van der Waals surface area contributed by atoms with Gasteiger partial charge in [0.25, 0.3) is 5.91 Å². The van der Waals surface area contributed by atoms with E-state index in [2.05, 4.69) is 35.8 Å². The first-order chi connectivity index (χ1) is 12.2. The van der Waals surface area contributed by atoms with Crippen molar-refractivity contribution in [3.05, 3.63) is 59.2 Å². The van der Waals surface area contributed by atoms with Crippen molar-refractivity contribution >= 4 is 18.3 Å². The lowest BCUT2D eigenvalue weighted by Gasteiger charge is -2.09. The zero-order chi connectivity index (χ0) is 17.5. The molecule has 0 atom stereocenters. The van der Waals surface area contributed by atoms with Gasteiger partial charge in [-0.05, 0) is 47.4 Å². The molecule has 0 aromatic heterocycles. The number of hydrogen-bond acceptors (Lipinski definition) is 4. The van der Waals surface area contributed by atoms with Gasteiger partial charge in [-0.15, -0.1) is 12.4 Å². The van der Waals surface area contributed by atoms with E-state index in [9.17, 15) is 4.79 Å². The second-order valence-electron chi connectivity index (χ2n) is 6.09. The molecule has 5 nitrogen and oxygen atoms in total. The molecule has 140 valence electrons. The van der Waals surface area contributed by atoms with Gasteiger partial charge in [-0.1, -0.05) is 25.1 Å². The van der Waals surface area contributed by atoms with Crippen LogP contribution in [0.3, 0.4) is 0 Å². The molecule has 6 heteroatoms.